The molecule has 5 nitrogen and oxygen atoms in total. The summed E-state index contributed by atoms with van der Waals surface area (Å²) in [4.78, 5) is 23.7. The maximum absolute atomic E-state index is 12.1. The Hall–Kier alpha value is -1.26. The minimum atomic E-state index is -1.10. The van der Waals surface area contributed by atoms with E-state index in [-0.39, 0.29) is 17.5 Å². The molecule has 1 atom stereocenters. The summed E-state index contributed by atoms with van der Waals surface area (Å²) >= 11 is 0. The fourth-order valence-corrected chi connectivity index (χ4v) is 2.39. The number of aliphatic carboxylic acids is 1. The van der Waals surface area contributed by atoms with Crippen LogP contribution in [0.2, 0.25) is 0 Å². The topological polar surface area (TPSA) is 78.4 Å². The van der Waals surface area contributed by atoms with Crippen LogP contribution in [0.1, 0.15) is 66.2 Å². The first-order valence-corrected chi connectivity index (χ1v) is 7.49. The van der Waals surface area contributed by atoms with Gasteiger partial charge in [0.05, 0.1) is 0 Å². The third kappa shape index (κ3) is 4.39. The Morgan fingerprint density at radius 3 is 2.00 bits per heavy atom. The van der Waals surface area contributed by atoms with E-state index in [4.69, 9.17) is 0 Å². The maximum Gasteiger partial charge on any atom is 0.329 e. The largest absolute Gasteiger partial charge is 0.480 e. The van der Waals surface area contributed by atoms with Gasteiger partial charge in [-0.05, 0) is 25.2 Å². The molecule has 3 N–H and O–H groups in total. The van der Waals surface area contributed by atoms with E-state index < -0.39 is 11.5 Å². The van der Waals surface area contributed by atoms with E-state index in [1.54, 1.807) is 0 Å². The molecule has 2 amide bonds. The van der Waals surface area contributed by atoms with Gasteiger partial charge in [0.2, 0.25) is 0 Å². The Kier molecular flexibility index (Phi) is 5.42. The van der Waals surface area contributed by atoms with Gasteiger partial charge >= 0.3 is 12.0 Å². The van der Waals surface area contributed by atoms with Crippen molar-refractivity contribution in [1.82, 2.24) is 10.6 Å². The van der Waals surface area contributed by atoms with E-state index in [1.807, 2.05) is 27.7 Å². The molecule has 0 heterocycles. The van der Waals surface area contributed by atoms with Gasteiger partial charge in [-0.3, -0.25) is 0 Å². The van der Waals surface area contributed by atoms with E-state index in [0.717, 1.165) is 25.7 Å². The van der Waals surface area contributed by atoms with Crippen molar-refractivity contribution in [3.8, 4) is 0 Å². The Balaban J connectivity index is 2.71. The predicted molar refractivity (Wildman–Crippen MR) is 78.7 cm³/mol. The highest BCUT2D eigenvalue weighted by atomic mass is 16.4. The van der Waals surface area contributed by atoms with Gasteiger partial charge in [0.15, 0.2) is 0 Å². The molecule has 0 aliphatic heterocycles. The van der Waals surface area contributed by atoms with E-state index in [1.165, 1.54) is 0 Å². The smallest absolute Gasteiger partial charge is 0.329 e. The predicted octanol–water partition coefficient (Wildman–Crippen LogP) is 2.90. The zero-order valence-electron chi connectivity index (χ0n) is 13.1. The average molecular weight is 284 g/mol. The van der Waals surface area contributed by atoms with Crippen molar-refractivity contribution in [2.75, 3.05) is 0 Å². The molecule has 1 rings (SSSR count). The molecule has 1 saturated carbocycles. The minimum absolute atomic E-state index is 0.0286. The first kappa shape index (κ1) is 16.8. The fraction of sp³-hybridized carbons (Fsp3) is 0.867. The highest BCUT2D eigenvalue weighted by Crippen LogP contribution is 2.27. The van der Waals surface area contributed by atoms with Gasteiger partial charge in [0.25, 0.3) is 0 Å². The summed E-state index contributed by atoms with van der Waals surface area (Å²) in [5.41, 5.74) is -1.16. The summed E-state index contributed by atoms with van der Waals surface area (Å²) in [6.45, 7) is 8.05. The molecular formula is C15H28N2O3. The first-order chi connectivity index (χ1) is 9.17. The number of amides is 2. The molecule has 0 aromatic carbocycles. The SMILES string of the molecule is CC(NC(=O)NC1(C(=O)O)CCCCCC1)C(C)(C)C. The number of carbonyl (C=O) groups is 2. The summed E-state index contributed by atoms with van der Waals surface area (Å²) in [5.74, 6) is -0.919. The quantitative estimate of drug-likeness (QED) is 0.697. The Labute approximate surface area is 121 Å². The van der Waals surface area contributed by atoms with Crippen molar-refractivity contribution in [2.45, 2.75) is 77.8 Å². The summed E-state index contributed by atoms with van der Waals surface area (Å²) in [6, 6.07) is -0.407. The lowest BCUT2D eigenvalue weighted by Crippen LogP contribution is -2.59. The lowest BCUT2D eigenvalue weighted by molar-refractivity contribution is -0.145. The van der Waals surface area contributed by atoms with Crippen LogP contribution in [0.4, 0.5) is 4.79 Å². The molecule has 0 radical (unpaired) electrons. The average Bonchev–Trinajstić information content (AvgIpc) is 2.54. The second-order valence-corrected chi connectivity index (χ2v) is 6.99. The van der Waals surface area contributed by atoms with Crippen molar-refractivity contribution in [2.24, 2.45) is 5.41 Å². The van der Waals surface area contributed by atoms with Crippen LogP contribution in [-0.2, 0) is 4.79 Å². The van der Waals surface area contributed by atoms with Crippen LogP contribution in [0.3, 0.4) is 0 Å². The standard InChI is InChI=1S/C15H28N2O3/c1-11(14(2,3)4)16-13(20)17-15(12(18)19)9-7-5-6-8-10-15/h11H,5-10H2,1-4H3,(H,18,19)(H2,16,17,20). The first-order valence-electron chi connectivity index (χ1n) is 7.49. The van der Waals surface area contributed by atoms with E-state index >= 15 is 0 Å². The summed E-state index contributed by atoms with van der Waals surface area (Å²) in [7, 11) is 0. The number of nitrogens with one attached hydrogen (secondary N) is 2. The molecule has 0 spiro atoms. The van der Waals surface area contributed by atoms with Gasteiger partial charge in [-0.25, -0.2) is 9.59 Å². The summed E-state index contributed by atoms with van der Waals surface area (Å²) in [5, 5.41) is 15.1. The van der Waals surface area contributed by atoms with Gasteiger partial charge in [-0.2, -0.15) is 0 Å². The van der Waals surface area contributed by atoms with E-state index in [9.17, 15) is 14.7 Å². The number of urea groups is 1. The van der Waals surface area contributed by atoms with Crippen LogP contribution in [0.25, 0.3) is 0 Å². The third-order valence-corrected chi connectivity index (χ3v) is 4.37. The van der Waals surface area contributed by atoms with Crippen LogP contribution in [-0.4, -0.2) is 28.7 Å². The van der Waals surface area contributed by atoms with Gasteiger partial charge < -0.3 is 15.7 Å². The van der Waals surface area contributed by atoms with Crippen LogP contribution < -0.4 is 10.6 Å². The number of carbonyl (C=O) groups excluding carboxylic acids is 1. The van der Waals surface area contributed by atoms with E-state index in [2.05, 4.69) is 10.6 Å². The molecule has 1 aliphatic carbocycles. The number of hydrogen-bond donors (Lipinski definition) is 3. The second kappa shape index (κ2) is 6.46. The summed E-state index contributed by atoms with van der Waals surface area (Å²) in [6.07, 6.45) is 4.80. The fourth-order valence-electron chi connectivity index (χ4n) is 2.39. The number of carboxylic acids is 1. The van der Waals surface area contributed by atoms with E-state index in [0.29, 0.717) is 12.8 Å². The zero-order chi connectivity index (χ0) is 15.4. The van der Waals surface area contributed by atoms with Crippen LogP contribution in [0.15, 0.2) is 0 Å². The number of rotatable bonds is 3. The number of hydrogen-bond acceptors (Lipinski definition) is 2. The summed E-state index contributed by atoms with van der Waals surface area (Å²) < 4.78 is 0. The number of carboxylic acid groups (broad SMARTS) is 1. The minimum Gasteiger partial charge on any atom is -0.480 e. The molecule has 20 heavy (non-hydrogen) atoms. The lowest BCUT2D eigenvalue weighted by atomic mass is 9.88. The van der Waals surface area contributed by atoms with Gasteiger partial charge in [-0.15, -0.1) is 0 Å². The molecule has 0 aromatic rings. The van der Waals surface area contributed by atoms with Gasteiger partial charge in [-0.1, -0.05) is 46.5 Å². The Bertz CT molecular complexity index is 353. The normalized spacial score (nSPS) is 20.6. The highest BCUT2D eigenvalue weighted by Gasteiger charge is 2.40. The third-order valence-electron chi connectivity index (χ3n) is 4.37. The van der Waals surface area contributed by atoms with Crippen LogP contribution in [0, 0.1) is 5.41 Å². The van der Waals surface area contributed by atoms with Crippen LogP contribution >= 0.6 is 0 Å². The molecule has 1 fully saturated rings. The van der Waals surface area contributed by atoms with Crippen molar-refractivity contribution in [1.29, 1.82) is 0 Å². The maximum atomic E-state index is 12.1. The van der Waals surface area contributed by atoms with Crippen molar-refractivity contribution in [3.05, 3.63) is 0 Å². The molecule has 0 aromatic heterocycles. The van der Waals surface area contributed by atoms with Crippen molar-refractivity contribution >= 4 is 12.0 Å². The zero-order valence-corrected chi connectivity index (χ0v) is 13.1. The molecule has 1 unspecified atom stereocenters. The molecular weight excluding hydrogens is 256 g/mol. The van der Waals surface area contributed by atoms with Crippen molar-refractivity contribution < 1.29 is 14.7 Å². The Morgan fingerprint density at radius 2 is 1.60 bits per heavy atom. The van der Waals surface area contributed by atoms with Gasteiger partial charge in [0, 0.05) is 6.04 Å². The Morgan fingerprint density at radius 1 is 1.10 bits per heavy atom. The molecule has 1 aliphatic rings. The lowest BCUT2D eigenvalue weighted by Gasteiger charge is -2.32. The van der Waals surface area contributed by atoms with Gasteiger partial charge in [0.1, 0.15) is 5.54 Å². The monoisotopic (exact) mass is 284 g/mol. The highest BCUT2D eigenvalue weighted by molar-refractivity contribution is 5.86. The molecule has 0 saturated heterocycles. The van der Waals surface area contributed by atoms with Crippen LogP contribution in [0.5, 0.6) is 0 Å². The molecule has 5 heteroatoms. The van der Waals surface area contributed by atoms with Crippen molar-refractivity contribution in [3.63, 3.8) is 0 Å². The molecule has 0 bridgehead atoms. The molecule has 116 valence electrons. The second-order valence-electron chi connectivity index (χ2n) is 6.99.